The smallest absolute Gasteiger partial charge is 0.306 e. The van der Waals surface area contributed by atoms with E-state index in [1.165, 1.54) is 11.3 Å². The van der Waals surface area contributed by atoms with Crippen molar-refractivity contribution in [3.05, 3.63) is 22.4 Å². The average molecular weight is 338 g/mol. The Hall–Kier alpha value is -1.89. The third-order valence-corrected chi connectivity index (χ3v) is 4.89. The SMILES string of the molecule is CC1CN(C(=O)CCCNC(=O)c2ccsc2)CCC1C(=O)O. The number of likely N-dealkylation sites (tertiary alicyclic amines) is 1. The van der Waals surface area contributed by atoms with Crippen molar-refractivity contribution in [1.29, 1.82) is 0 Å². The minimum atomic E-state index is -0.777. The van der Waals surface area contributed by atoms with Crippen molar-refractivity contribution in [2.75, 3.05) is 19.6 Å². The number of hydrogen-bond acceptors (Lipinski definition) is 4. The number of carboxylic acids is 1. The Balaban J connectivity index is 1.67. The highest BCUT2D eigenvalue weighted by Crippen LogP contribution is 2.24. The summed E-state index contributed by atoms with van der Waals surface area (Å²) in [6.07, 6.45) is 1.47. The number of carbonyl (C=O) groups excluding carboxylic acids is 2. The van der Waals surface area contributed by atoms with E-state index < -0.39 is 5.97 Å². The van der Waals surface area contributed by atoms with Gasteiger partial charge < -0.3 is 15.3 Å². The topological polar surface area (TPSA) is 86.7 Å². The molecule has 2 amide bonds. The van der Waals surface area contributed by atoms with Gasteiger partial charge in [0.1, 0.15) is 0 Å². The first-order valence-corrected chi connectivity index (χ1v) is 8.74. The van der Waals surface area contributed by atoms with Gasteiger partial charge in [-0.1, -0.05) is 6.92 Å². The third-order valence-electron chi connectivity index (χ3n) is 4.21. The number of piperidine rings is 1. The fraction of sp³-hybridized carbons (Fsp3) is 0.562. The molecule has 6 nitrogen and oxygen atoms in total. The third kappa shape index (κ3) is 4.79. The Bertz CT molecular complexity index is 558. The molecule has 0 aliphatic carbocycles. The molecular formula is C16H22N2O4S. The second-order valence-electron chi connectivity index (χ2n) is 5.92. The minimum Gasteiger partial charge on any atom is -0.481 e. The predicted octanol–water partition coefficient (Wildman–Crippen LogP) is 1.83. The van der Waals surface area contributed by atoms with Crippen LogP contribution in [-0.4, -0.2) is 47.4 Å². The van der Waals surface area contributed by atoms with E-state index in [9.17, 15) is 14.4 Å². The van der Waals surface area contributed by atoms with Gasteiger partial charge in [-0.05, 0) is 30.2 Å². The van der Waals surface area contributed by atoms with E-state index in [-0.39, 0.29) is 23.7 Å². The number of amides is 2. The van der Waals surface area contributed by atoms with E-state index in [4.69, 9.17) is 5.11 Å². The monoisotopic (exact) mass is 338 g/mol. The lowest BCUT2D eigenvalue weighted by molar-refractivity contribution is -0.148. The number of nitrogens with zero attached hydrogens (tertiary/aromatic N) is 1. The molecule has 7 heteroatoms. The molecule has 1 saturated heterocycles. The summed E-state index contributed by atoms with van der Waals surface area (Å²) >= 11 is 1.47. The zero-order valence-electron chi connectivity index (χ0n) is 13.2. The van der Waals surface area contributed by atoms with Crippen LogP contribution in [0.1, 0.15) is 36.5 Å². The number of aliphatic carboxylic acids is 1. The van der Waals surface area contributed by atoms with Gasteiger partial charge in [-0.2, -0.15) is 11.3 Å². The molecule has 1 fully saturated rings. The van der Waals surface area contributed by atoms with Crippen molar-refractivity contribution in [2.24, 2.45) is 11.8 Å². The number of nitrogens with one attached hydrogen (secondary N) is 1. The molecule has 23 heavy (non-hydrogen) atoms. The van der Waals surface area contributed by atoms with E-state index in [2.05, 4.69) is 5.32 Å². The van der Waals surface area contributed by atoms with Gasteiger partial charge in [0.2, 0.25) is 5.91 Å². The van der Waals surface area contributed by atoms with Crippen molar-refractivity contribution in [2.45, 2.75) is 26.2 Å². The zero-order chi connectivity index (χ0) is 16.8. The molecule has 1 aromatic rings. The van der Waals surface area contributed by atoms with Crippen LogP contribution in [0.25, 0.3) is 0 Å². The van der Waals surface area contributed by atoms with Crippen molar-refractivity contribution in [1.82, 2.24) is 10.2 Å². The molecule has 0 bridgehead atoms. The number of carbonyl (C=O) groups is 3. The molecule has 2 heterocycles. The molecule has 2 N–H and O–H groups in total. The summed E-state index contributed by atoms with van der Waals surface area (Å²) in [5, 5.41) is 15.5. The molecule has 0 aromatic carbocycles. The van der Waals surface area contributed by atoms with Crippen LogP contribution in [-0.2, 0) is 9.59 Å². The van der Waals surface area contributed by atoms with Crippen LogP contribution < -0.4 is 5.32 Å². The Morgan fingerprint density at radius 3 is 2.83 bits per heavy atom. The van der Waals surface area contributed by atoms with Gasteiger partial charge in [0, 0.05) is 37.0 Å². The van der Waals surface area contributed by atoms with Crippen LogP contribution >= 0.6 is 11.3 Å². The summed E-state index contributed by atoms with van der Waals surface area (Å²) in [4.78, 5) is 36.7. The normalized spacial score (nSPS) is 21.0. The van der Waals surface area contributed by atoms with Crippen molar-refractivity contribution >= 4 is 29.1 Å². The lowest BCUT2D eigenvalue weighted by atomic mass is 9.87. The first kappa shape index (κ1) is 17.5. The highest BCUT2D eigenvalue weighted by molar-refractivity contribution is 7.08. The number of rotatable bonds is 6. The molecule has 0 radical (unpaired) electrons. The second-order valence-corrected chi connectivity index (χ2v) is 6.70. The summed E-state index contributed by atoms with van der Waals surface area (Å²) in [5.41, 5.74) is 0.644. The van der Waals surface area contributed by atoms with Gasteiger partial charge in [0.05, 0.1) is 5.92 Å². The van der Waals surface area contributed by atoms with Crippen LogP contribution in [0.3, 0.4) is 0 Å². The molecule has 1 aliphatic rings. The van der Waals surface area contributed by atoms with Crippen LogP contribution in [0.2, 0.25) is 0 Å². The minimum absolute atomic E-state index is 0.0245. The highest BCUT2D eigenvalue weighted by atomic mass is 32.1. The second kappa shape index (κ2) is 8.10. The molecular weight excluding hydrogens is 316 g/mol. The van der Waals surface area contributed by atoms with Crippen LogP contribution in [0.4, 0.5) is 0 Å². The van der Waals surface area contributed by atoms with Gasteiger partial charge in [0.25, 0.3) is 5.91 Å². The number of carboxylic acid groups (broad SMARTS) is 1. The lowest BCUT2D eigenvalue weighted by Crippen LogP contribution is -2.45. The lowest BCUT2D eigenvalue weighted by Gasteiger charge is -2.35. The quantitative estimate of drug-likeness (QED) is 0.775. The molecule has 2 unspecified atom stereocenters. The standard InChI is InChI=1S/C16H22N2O4S/c1-11-9-18(7-4-13(11)16(21)22)14(19)3-2-6-17-15(20)12-5-8-23-10-12/h5,8,10-11,13H,2-4,6-7,9H2,1H3,(H,17,20)(H,21,22). The van der Waals surface area contributed by atoms with Gasteiger partial charge in [-0.25, -0.2) is 0 Å². The van der Waals surface area contributed by atoms with Crippen molar-refractivity contribution < 1.29 is 19.5 Å². The molecule has 1 aliphatic heterocycles. The van der Waals surface area contributed by atoms with Crippen LogP contribution in [0, 0.1) is 11.8 Å². The number of thiophene rings is 1. The first-order valence-electron chi connectivity index (χ1n) is 7.80. The van der Waals surface area contributed by atoms with Crippen molar-refractivity contribution in [3.8, 4) is 0 Å². The summed E-state index contributed by atoms with van der Waals surface area (Å²) in [5.74, 6) is -1.24. The molecule has 2 atom stereocenters. The van der Waals surface area contributed by atoms with Crippen LogP contribution in [0.5, 0.6) is 0 Å². The maximum absolute atomic E-state index is 12.2. The van der Waals surface area contributed by atoms with E-state index in [0.717, 1.165) is 0 Å². The highest BCUT2D eigenvalue weighted by Gasteiger charge is 2.32. The predicted molar refractivity (Wildman–Crippen MR) is 87.4 cm³/mol. The first-order chi connectivity index (χ1) is 11.0. The maximum Gasteiger partial charge on any atom is 0.306 e. The van der Waals surface area contributed by atoms with E-state index in [1.807, 2.05) is 12.3 Å². The number of hydrogen-bond donors (Lipinski definition) is 2. The molecule has 0 spiro atoms. The zero-order valence-corrected chi connectivity index (χ0v) is 14.0. The fourth-order valence-electron chi connectivity index (χ4n) is 2.83. The van der Waals surface area contributed by atoms with Gasteiger partial charge in [-0.3, -0.25) is 14.4 Å². The fourth-order valence-corrected chi connectivity index (χ4v) is 3.47. The van der Waals surface area contributed by atoms with Gasteiger partial charge >= 0.3 is 5.97 Å². The Morgan fingerprint density at radius 2 is 2.22 bits per heavy atom. The Morgan fingerprint density at radius 1 is 1.43 bits per heavy atom. The van der Waals surface area contributed by atoms with E-state index in [1.54, 1.807) is 16.3 Å². The Kier molecular flexibility index (Phi) is 6.15. The Labute approximate surface area is 139 Å². The molecule has 0 saturated carbocycles. The van der Waals surface area contributed by atoms with Crippen molar-refractivity contribution in [3.63, 3.8) is 0 Å². The molecule has 1 aromatic heterocycles. The maximum atomic E-state index is 12.2. The van der Waals surface area contributed by atoms with Crippen LogP contribution in [0.15, 0.2) is 16.8 Å². The molecule has 2 rings (SSSR count). The van der Waals surface area contributed by atoms with Gasteiger partial charge in [-0.15, -0.1) is 0 Å². The summed E-state index contributed by atoms with van der Waals surface area (Å²) in [7, 11) is 0. The summed E-state index contributed by atoms with van der Waals surface area (Å²) in [6, 6.07) is 1.76. The summed E-state index contributed by atoms with van der Waals surface area (Å²) < 4.78 is 0. The van der Waals surface area contributed by atoms with E-state index >= 15 is 0 Å². The van der Waals surface area contributed by atoms with Gasteiger partial charge in [0.15, 0.2) is 0 Å². The largest absolute Gasteiger partial charge is 0.481 e. The summed E-state index contributed by atoms with van der Waals surface area (Å²) in [6.45, 7) is 3.33. The average Bonchev–Trinajstić information content (AvgIpc) is 3.05. The van der Waals surface area contributed by atoms with E-state index in [0.29, 0.717) is 44.5 Å². The molecule has 126 valence electrons.